The van der Waals surface area contributed by atoms with Gasteiger partial charge in [0.15, 0.2) is 10.9 Å². The molecular formula is C14H20N4OS. The first kappa shape index (κ1) is 13.7. The predicted molar refractivity (Wildman–Crippen MR) is 81.4 cm³/mol. The molecule has 3 rings (SSSR count). The molecule has 1 saturated carbocycles. The van der Waals surface area contributed by atoms with Crippen LogP contribution in [0.15, 0.2) is 11.1 Å². The van der Waals surface area contributed by atoms with Crippen LogP contribution in [-0.4, -0.2) is 33.2 Å². The van der Waals surface area contributed by atoms with Crippen LogP contribution in [0.2, 0.25) is 0 Å². The Labute approximate surface area is 123 Å². The molecule has 6 heteroatoms. The van der Waals surface area contributed by atoms with E-state index in [4.69, 9.17) is 0 Å². The summed E-state index contributed by atoms with van der Waals surface area (Å²) in [5, 5.41) is 8.09. The Morgan fingerprint density at radius 1 is 1.45 bits per heavy atom. The van der Waals surface area contributed by atoms with E-state index < -0.39 is 0 Å². The van der Waals surface area contributed by atoms with Crippen molar-refractivity contribution in [2.75, 3.05) is 12.3 Å². The van der Waals surface area contributed by atoms with Crippen LogP contribution in [0, 0.1) is 0 Å². The Balaban J connectivity index is 1.84. The number of carbonyl (C=O) groups is 1. The van der Waals surface area contributed by atoms with Crippen LogP contribution in [0.5, 0.6) is 0 Å². The minimum Gasteiger partial charge on any atom is -0.300 e. The Hall–Kier alpha value is -1.30. The van der Waals surface area contributed by atoms with Crippen molar-refractivity contribution in [2.24, 2.45) is 4.99 Å². The first-order valence-corrected chi connectivity index (χ1v) is 8.03. The van der Waals surface area contributed by atoms with E-state index in [2.05, 4.69) is 36.2 Å². The average Bonchev–Trinajstić information content (AvgIpc) is 2.90. The predicted octanol–water partition coefficient (Wildman–Crippen LogP) is 2.35. The van der Waals surface area contributed by atoms with Gasteiger partial charge in [-0.25, -0.2) is 0 Å². The summed E-state index contributed by atoms with van der Waals surface area (Å²) in [4.78, 5) is 16.5. The molecule has 1 aliphatic heterocycles. The summed E-state index contributed by atoms with van der Waals surface area (Å²) in [6.45, 7) is 7.13. The Morgan fingerprint density at radius 2 is 2.20 bits per heavy atom. The van der Waals surface area contributed by atoms with E-state index in [0.717, 1.165) is 12.3 Å². The number of rotatable bonds is 2. The van der Waals surface area contributed by atoms with E-state index in [1.807, 2.05) is 10.7 Å². The smallest absolute Gasteiger partial charge is 0.277 e. The number of aromatic nitrogens is 2. The summed E-state index contributed by atoms with van der Waals surface area (Å²) in [5.41, 5.74) is 1.58. The van der Waals surface area contributed by atoms with E-state index in [1.54, 1.807) is 11.8 Å². The van der Waals surface area contributed by atoms with Crippen LogP contribution in [0.3, 0.4) is 0 Å². The van der Waals surface area contributed by atoms with E-state index >= 15 is 0 Å². The van der Waals surface area contributed by atoms with Gasteiger partial charge in [0.1, 0.15) is 0 Å². The van der Waals surface area contributed by atoms with Gasteiger partial charge in [-0.2, -0.15) is 5.10 Å². The maximum absolute atomic E-state index is 12.3. The molecule has 2 heterocycles. The standard InChI is InChI=1S/C14H20N4OS/c1-14(2,3)18-11(9-4-5-9)8-10(17-18)12(19)16-13-15-6-7-20-13/h8-9H,4-7H2,1-3H3,(H,15,16,19). The lowest BCUT2D eigenvalue weighted by molar-refractivity contribution is 0.0971. The Bertz CT molecular complexity index is 566. The zero-order valence-electron chi connectivity index (χ0n) is 12.1. The number of aliphatic imine (C=N–C) groups is 1. The van der Waals surface area contributed by atoms with Crippen LogP contribution in [-0.2, 0) is 5.54 Å². The van der Waals surface area contributed by atoms with Crippen molar-refractivity contribution in [3.8, 4) is 0 Å². The summed E-state index contributed by atoms with van der Waals surface area (Å²) in [5.74, 6) is 1.36. The number of amidine groups is 1. The van der Waals surface area contributed by atoms with Gasteiger partial charge in [-0.3, -0.25) is 19.8 Å². The van der Waals surface area contributed by atoms with Crippen LogP contribution in [0.4, 0.5) is 0 Å². The van der Waals surface area contributed by atoms with Gasteiger partial charge in [-0.1, -0.05) is 11.8 Å². The molecule has 1 N–H and O–H groups in total. The van der Waals surface area contributed by atoms with Crippen LogP contribution < -0.4 is 5.32 Å². The molecule has 5 nitrogen and oxygen atoms in total. The molecule has 0 bridgehead atoms. The highest BCUT2D eigenvalue weighted by Gasteiger charge is 2.32. The van der Waals surface area contributed by atoms with Crippen LogP contribution >= 0.6 is 11.8 Å². The lowest BCUT2D eigenvalue weighted by atomic mass is 10.1. The van der Waals surface area contributed by atoms with Crippen molar-refractivity contribution in [1.29, 1.82) is 0 Å². The molecule has 2 aliphatic rings. The van der Waals surface area contributed by atoms with Crippen LogP contribution in [0.25, 0.3) is 0 Å². The number of carbonyl (C=O) groups excluding carboxylic acids is 1. The van der Waals surface area contributed by atoms with Gasteiger partial charge in [-0.15, -0.1) is 0 Å². The summed E-state index contributed by atoms with van der Waals surface area (Å²) in [7, 11) is 0. The maximum atomic E-state index is 12.3. The van der Waals surface area contributed by atoms with Crippen molar-refractivity contribution in [2.45, 2.75) is 45.1 Å². The molecule has 108 valence electrons. The van der Waals surface area contributed by atoms with Crippen molar-refractivity contribution >= 4 is 22.8 Å². The van der Waals surface area contributed by atoms with Crippen molar-refractivity contribution < 1.29 is 4.79 Å². The number of hydrogen-bond donors (Lipinski definition) is 1. The lowest BCUT2D eigenvalue weighted by Gasteiger charge is -2.22. The number of hydrogen-bond acceptors (Lipinski definition) is 4. The second kappa shape index (κ2) is 4.91. The van der Waals surface area contributed by atoms with Crippen molar-refractivity contribution in [1.82, 2.24) is 15.1 Å². The fourth-order valence-electron chi connectivity index (χ4n) is 2.29. The largest absolute Gasteiger partial charge is 0.300 e. The molecular weight excluding hydrogens is 272 g/mol. The molecule has 0 unspecified atom stereocenters. The third-order valence-electron chi connectivity index (χ3n) is 3.41. The Morgan fingerprint density at radius 3 is 2.75 bits per heavy atom. The third kappa shape index (κ3) is 2.75. The minimum atomic E-state index is -0.150. The van der Waals surface area contributed by atoms with Gasteiger partial charge >= 0.3 is 0 Å². The fourth-order valence-corrected chi connectivity index (χ4v) is 3.01. The third-order valence-corrected chi connectivity index (χ3v) is 4.30. The van der Waals surface area contributed by atoms with E-state index in [9.17, 15) is 4.79 Å². The van der Waals surface area contributed by atoms with Crippen LogP contribution in [0.1, 0.15) is 55.7 Å². The molecule has 1 amide bonds. The zero-order chi connectivity index (χ0) is 14.3. The van der Waals surface area contributed by atoms with Gasteiger partial charge in [0.2, 0.25) is 0 Å². The minimum absolute atomic E-state index is 0.101. The molecule has 0 saturated heterocycles. The molecule has 1 aliphatic carbocycles. The topological polar surface area (TPSA) is 59.3 Å². The fraction of sp³-hybridized carbons (Fsp3) is 0.643. The SMILES string of the molecule is CC(C)(C)n1nc(C(=O)NC2=NCCS2)cc1C1CC1. The van der Waals surface area contributed by atoms with Gasteiger partial charge in [0.05, 0.1) is 12.1 Å². The summed E-state index contributed by atoms with van der Waals surface area (Å²) < 4.78 is 2.00. The van der Waals surface area contributed by atoms with Gasteiger partial charge < -0.3 is 0 Å². The zero-order valence-corrected chi connectivity index (χ0v) is 13.0. The first-order valence-electron chi connectivity index (χ1n) is 7.04. The van der Waals surface area contributed by atoms with Gasteiger partial charge in [0.25, 0.3) is 5.91 Å². The van der Waals surface area contributed by atoms with Gasteiger partial charge in [0, 0.05) is 17.4 Å². The molecule has 1 aromatic rings. The number of thioether (sulfide) groups is 1. The highest BCUT2D eigenvalue weighted by Crippen LogP contribution is 2.41. The molecule has 0 spiro atoms. The summed E-state index contributed by atoms with van der Waals surface area (Å²) >= 11 is 1.58. The number of nitrogens with one attached hydrogen (secondary N) is 1. The number of amides is 1. The molecule has 0 radical (unpaired) electrons. The second-order valence-electron chi connectivity index (χ2n) is 6.30. The summed E-state index contributed by atoms with van der Waals surface area (Å²) in [6, 6.07) is 1.94. The van der Waals surface area contributed by atoms with E-state index in [0.29, 0.717) is 16.8 Å². The van der Waals surface area contributed by atoms with E-state index in [-0.39, 0.29) is 11.4 Å². The quantitative estimate of drug-likeness (QED) is 0.910. The van der Waals surface area contributed by atoms with Crippen molar-refractivity contribution in [3.05, 3.63) is 17.5 Å². The number of nitrogens with zero attached hydrogens (tertiary/aromatic N) is 3. The highest BCUT2D eigenvalue weighted by molar-refractivity contribution is 8.14. The molecule has 0 aromatic carbocycles. The first-order chi connectivity index (χ1) is 9.45. The highest BCUT2D eigenvalue weighted by atomic mass is 32.2. The molecule has 20 heavy (non-hydrogen) atoms. The average molecular weight is 292 g/mol. The normalized spacial score (nSPS) is 19.1. The van der Waals surface area contributed by atoms with Gasteiger partial charge in [-0.05, 0) is 39.7 Å². The molecule has 1 fully saturated rings. The monoisotopic (exact) mass is 292 g/mol. The molecule has 0 atom stereocenters. The Kier molecular flexibility index (Phi) is 3.36. The lowest BCUT2D eigenvalue weighted by Crippen LogP contribution is -2.29. The van der Waals surface area contributed by atoms with Crippen molar-refractivity contribution in [3.63, 3.8) is 0 Å². The molecule has 1 aromatic heterocycles. The van der Waals surface area contributed by atoms with E-state index in [1.165, 1.54) is 18.5 Å². The maximum Gasteiger partial charge on any atom is 0.277 e. The second-order valence-corrected chi connectivity index (χ2v) is 7.38. The summed E-state index contributed by atoms with van der Waals surface area (Å²) in [6.07, 6.45) is 2.40.